The number of hydrogen-bond donors (Lipinski definition) is 5. The summed E-state index contributed by atoms with van der Waals surface area (Å²) in [5.74, 6) is -0.0507. The quantitative estimate of drug-likeness (QED) is 0.190. The molecule has 10 heteroatoms. The van der Waals surface area contributed by atoms with Gasteiger partial charge in [0.1, 0.15) is 17.8 Å². The number of nitrogens with zero attached hydrogens (tertiary/aromatic N) is 1. The second kappa shape index (κ2) is 15.4. The zero-order valence-electron chi connectivity index (χ0n) is 25.8. The van der Waals surface area contributed by atoms with Gasteiger partial charge in [0.2, 0.25) is 0 Å². The number of aliphatic imine (C=N–C) groups is 1. The van der Waals surface area contributed by atoms with Gasteiger partial charge in [0, 0.05) is 46.9 Å². The molecule has 2 atom stereocenters. The molecule has 43 heavy (non-hydrogen) atoms. The number of aryl methyl sites for hydroxylation is 1. The summed E-state index contributed by atoms with van der Waals surface area (Å²) >= 11 is 0. The van der Waals surface area contributed by atoms with E-state index < -0.39 is 29.8 Å². The van der Waals surface area contributed by atoms with Gasteiger partial charge in [-0.3, -0.25) is 0 Å². The topological polar surface area (TPSA) is 80.7 Å². The van der Waals surface area contributed by atoms with Crippen LogP contribution in [0.3, 0.4) is 0 Å². The van der Waals surface area contributed by atoms with Crippen LogP contribution >= 0.6 is 0 Å². The van der Waals surface area contributed by atoms with Gasteiger partial charge in [0.15, 0.2) is 0 Å². The van der Waals surface area contributed by atoms with Crippen molar-refractivity contribution in [3.63, 3.8) is 0 Å². The van der Waals surface area contributed by atoms with Crippen LogP contribution in [0.5, 0.6) is 0 Å². The Kier molecular flexibility index (Phi) is 12.2. The van der Waals surface area contributed by atoms with E-state index in [-0.39, 0.29) is 11.1 Å². The molecule has 2 aliphatic heterocycles. The number of alkyl halides is 3. The minimum Gasteiger partial charge on any atom is -0.389 e. The summed E-state index contributed by atoms with van der Waals surface area (Å²) in [4.78, 5) is 4.67. The number of halogens is 4. The fourth-order valence-corrected chi connectivity index (χ4v) is 5.31. The van der Waals surface area contributed by atoms with Crippen LogP contribution in [-0.2, 0) is 6.18 Å². The van der Waals surface area contributed by atoms with E-state index in [0.29, 0.717) is 54.4 Å². The van der Waals surface area contributed by atoms with E-state index in [0.717, 1.165) is 17.7 Å². The Balaban J connectivity index is 0.000000934. The first-order valence-electron chi connectivity index (χ1n) is 15.1. The molecule has 0 radical (unpaired) electrons. The lowest BCUT2D eigenvalue weighted by molar-refractivity contribution is -0.140. The van der Waals surface area contributed by atoms with Crippen LogP contribution < -0.4 is 21.3 Å². The van der Waals surface area contributed by atoms with Crippen molar-refractivity contribution in [1.29, 1.82) is 0 Å². The van der Waals surface area contributed by atoms with E-state index in [1.165, 1.54) is 44.4 Å². The predicted molar refractivity (Wildman–Crippen MR) is 167 cm³/mol. The Hall–Kier alpha value is -3.37. The van der Waals surface area contributed by atoms with Crippen LogP contribution in [0.2, 0.25) is 0 Å². The van der Waals surface area contributed by atoms with E-state index in [2.05, 4.69) is 46.7 Å². The highest BCUT2D eigenvalue weighted by Crippen LogP contribution is 2.42. The third-order valence-corrected chi connectivity index (χ3v) is 7.41. The Bertz CT molecular complexity index is 1330. The van der Waals surface area contributed by atoms with Crippen molar-refractivity contribution >= 4 is 17.2 Å². The Labute approximate surface area is 252 Å². The van der Waals surface area contributed by atoms with Gasteiger partial charge in [0.05, 0.1) is 11.7 Å². The Morgan fingerprint density at radius 1 is 1.14 bits per heavy atom. The van der Waals surface area contributed by atoms with E-state index in [1.807, 2.05) is 6.92 Å². The number of aliphatic hydroxyl groups is 1. The van der Waals surface area contributed by atoms with E-state index >= 15 is 0 Å². The van der Waals surface area contributed by atoms with Gasteiger partial charge < -0.3 is 26.4 Å². The van der Waals surface area contributed by atoms with Gasteiger partial charge in [0.25, 0.3) is 0 Å². The Morgan fingerprint density at radius 2 is 1.86 bits per heavy atom. The van der Waals surface area contributed by atoms with Crippen LogP contribution in [-0.4, -0.2) is 30.6 Å². The lowest BCUT2D eigenvalue weighted by atomic mass is 9.90. The molecule has 0 spiro atoms. The zero-order chi connectivity index (χ0) is 31.7. The van der Waals surface area contributed by atoms with Crippen molar-refractivity contribution in [3.05, 3.63) is 81.8 Å². The lowest BCUT2D eigenvalue weighted by Gasteiger charge is -2.34. The van der Waals surface area contributed by atoms with Gasteiger partial charge in [-0.25, -0.2) is 9.38 Å². The third kappa shape index (κ3) is 8.60. The van der Waals surface area contributed by atoms with Crippen molar-refractivity contribution in [2.24, 2.45) is 4.99 Å². The van der Waals surface area contributed by atoms with Gasteiger partial charge in [-0.15, -0.1) is 0 Å². The summed E-state index contributed by atoms with van der Waals surface area (Å²) in [7, 11) is 0. The number of amidine groups is 1. The molecule has 2 aliphatic rings. The summed E-state index contributed by atoms with van der Waals surface area (Å²) in [6.07, 6.45) is -1.55. The van der Waals surface area contributed by atoms with Gasteiger partial charge in [-0.2, -0.15) is 13.2 Å². The van der Waals surface area contributed by atoms with E-state index in [9.17, 15) is 22.7 Å². The highest BCUT2D eigenvalue weighted by Gasteiger charge is 2.40. The molecule has 0 saturated carbocycles. The molecule has 6 nitrogen and oxygen atoms in total. The summed E-state index contributed by atoms with van der Waals surface area (Å²) in [5, 5.41) is 23.1. The molecule has 2 aromatic rings. The SMILES string of the molecule is C=C(NC1=NC(c2ccc(C)c(C(C)O)c2C(F)(F)F)NC2=C1CCNC2)c1cc(F)ccc1NCCC.CCCCC. The molecular weight excluding hydrogens is 558 g/mol. The largest absolute Gasteiger partial charge is 0.417 e. The van der Waals surface area contributed by atoms with E-state index in [1.54, 1.807) is 19.1 Å². The zero-order valence-corrected chi connectivity index (χ0v) is 25.8. The van der Waals surface area contributed by atoms with Crippen molar-refractivity contribution < 1.29 is 22.7 Å². The molecule has 0 saturated heterocycles. The molecule has 0 aliphatic carbocycles. The standard InChI is InChI=1S/C28H33F4N5O.C5H12/c1-5-11-34-22-9-7-18(29)13-21(22)16(3)35-26-19-10-12-33-14-23(19)36-27(37-26)20-8-6-15(2)24(17(4)38)25(20)28(30,31)32;1-3-5-4-2/h6-9,13,17,27,33-34,36,38H,3,5,10-12,14H2,1-2,4H3,(H,35,37);3-5H2,1-2H3. The molecule has 2 unspecified atom stereocenters. The number of unbranched alkanes of at least 4 members (excludes halogenated alkanes) is 2. The minimum absolute atomic E-state index is 0.0860. The highest BCUT2D eigenvalue weighted by atomic mass is 19.4. The van der Waals surface area contributed by atoms with Crippen LogP contribution in [0.4, 0.5) is 23.2 Å². The van der Waals surface area contributed by atoms with Gasteiger partial charge in [-0.05, 0) is 62.6 Å². The van der Waals surface area contributed by atoms with Crippen LogP contribution in [0.25, 0.3) is 5.70 Å². The maximum Gasteiger partial charge on any atom is 0.417 e. The van der Waals surface area contributed by atoms with Crippen LogP contribution in [0.15, 0.2) is 53.2 Å². The second-order valence-electron chi connectivity index (χ2n) is 10.9. The number of nitrogens with one attached hydrogen (secondary N) is 4. The maximum atomic E-state index is 14.4. The summed E-state index contributed by atoms with van der Waals surface area (Å²) in [5.41, 5.74) is 2.33. The first-order valence-corrected chi connectivity index (χ1v) is 15.1. The van der Waals surface area contributed by atoms with Crippen molar-refractivity contribution in [2.45, 2.75) is 85.2 Å². The molecule has 0 amide bonds. The van der Waals surface area contributed by atoms with Gasteiger partial charge in [-0.1, -0.05) is 58.7 Å². The molecule has 5 N–H and O–H groups in total. The first-order chi connectivity index (χ1) is 20.4. The smallest absolute Gasteiger partial charge is 0.389 e. The van der Waals surface area contributed by atoms with Crippen molar-refractivity contribution in [1.82, 2.24) is 16.0 Å². The summed E-state index contributed by atoms with van der Waals surface area (Å²) < 4.78 is 57.3. The third-order valence-electron chi connectivity index (χ3n) is 7.41. The van der Waals surface area contributed by atoms with Gasteiger partial charge >= 0.3 is 6.18 Å². The first kappa shape index (κ1) is 34.1. The molecule has 0 fully saturated rings. The summed E-state index contributed by atoms with van der Waals surface area (Å²) in [6, 6.07) is 7.32. The number of benzene rings is 2. The molecule has 4 rings (SSSR count). The number of rotatable bonds is 9. The molecular formula is C33H45F4N5O. The minimum atomic E-state index is -4.71. The molecule has 236 valence electrons. The normalized spacial score (nSPS) is 17.2. The monoisotopic (exact) mass is 603 g/mol. The average Bonchev–Trinajstić information content (AvgIpc) is 2.96. The average molecular weight is 604 g/mol. The van der Waals surface area contributed by atoms with Crippen LogP contribution in [0, 0.1) is 12.7 Å². The molecule has 0 aromatic heterocycles. The number of anilines is 1. The fraction of sp³-hybridized carbons (Fsp3) is 0.485. The van der Waals surface area contributed by atoms with Crippen molar-refractivity contribution in [2.75, 3.05) is 25.0 Å². The Morgan fingerprint density at radius 3 is 2.47 bits per heavy atom. The molecule has 2 aromatic carbocycles. The number of hydrogen-bond acceptors (Lipinski definition) is 6. The maximum absolute atomic E-state index is 14.4. The highest BCUT2D eigenvalue weighted by molar-refractivity contribution is 6.05. The summed E-state index contributed by atoms with van der Waals surface area (Å²) in [6.45, 7) is 15.2. The fourth-order valence-electron chi connectivity index (χ4n) is 5.31. The molecule has 2 heterocycles. The second-order valence-corrected chi connectivity index (χ2v) is 10.9. The number of aliphatic hydroxyl groups excluding tert-OH is 1. The van der Waals surface area contributed by atoms with E-state index in [4.69, 9.17) is 0 Å². The van der Waals surface area contributed by atoms with Crippen molar-refractivity contribution in [3.8, 4) is 0 Å². The van der Waals surface area contributed by atoms with Crippen LogP contribution in [0.1, 0.15) is 99.9 Å². The molecule has 0 bridgehead atoms. The predicted octanol–water partition coefficient (Wildman–Crippen LogP) is 7.73. The lowest BCUT2D eigenvalue weighted by Crippen LogP contribution is -2.42.